The second-order valence-electron chi connectivity index (χ2n) is 3.03. The maximum absolute atomic E-state index is 5.72. The first kappa shape index (κ1) is 10.5. The predicted octanol–water partition coefficient (Wildman–Crippen LogP) is 1.93. The zero-order valence-corrected chi connectivity index (χ0v) is 8.72. The van der Waals surface area contributed by atoms with Crippen LogP contribution in [0.4, 0.5) is 0 Å². The van der Waals surface area contributed by atoms with Crippen molar-refractivity contribution in [3.63, 3.8) is 0 Å². The summed E-state index contributed by atoms with van der Waals surface area (Å²) in [6.45, 7) is 5.24. The number of nitrogens with zero attached hydrogens (tertiary/aromatic N) is 2. The molecule has 0 saturated carbocycles. The normalized spacial score (nSPS) is 10.6. The van der Waals surface area contributed by atoms with E-state index in [0.29, 0.717) is 5.02 Å². The highest BCUT2D eigenvalue weighted by Crippen LogP contribution is 2.04. The van der Waals surface area contributed by atoms with E-state index in [4.69, 9.17) is 11.6 Å². The second kappa shape index (κ2) is 6.00. The van der Waals surface area contributed by atoms with E-state index in [1.165, 1.54) is 6.42 Å². The Hall–Kier alpha value is -0.540. The molecule has 0 saturated heterocycles. The van der Waals surface area contributed by atoms with Gasteiger partial charge in [0.2, 0.25) is 0 Å². The lowest BCUT2D eigenvalue weighted by Crippen LogP contribution is -2.17. The van der Waals surface area contributed by atoms with Crippen LogP contribution in [-0.2, 0) is 6.54 Å². The van der Waals surface area contributed by atoms with E-state index in [1.807, 2.05) is 10.9 Å². The highest BCUT2D eigenvalue weighted by molar-refractivity contribution is 6.30. The fourth-order valence-corrected chi connectivity index (χ4v) is 1.28. The largest absolute Gasteiger partial charge is 0.317 e. The molecule has 0 fully saturated rings. The Morgan fingerprint density at radius 1 is 1.54 bits per heavy atom. The lowest BCUT2D eigenvalue weighted by Gasteiger charge is -2.02. The van der Waals surface area contributed by atoms with Crippen LogP contribution in [0.25, 0.3) is 0 Å². The monoisotopic (exact) mass is 201 g/mol. The van der Waals surface area contributed by atoms with Crippen LogP contribution in [0.5, 0.6) is 0 Å². The van der Waals surface area contributed by atoms with Crippen molar-refractivity contribution in [3.05, 3.63) is 17.4 Å². The number of hydrogen-bond donors (Lipinski definition) is 1. The van der Waals surface area contributed by atoms with Crippen molar-refractivity contribution in [3.8, 4) is 0 Å². The SMILES string of the molecule is CCCNCCCn1cc(Cl)cn1. The lowest BCUT2D eigenvalue weighted by atomic mass is 10.4. The van der Waals surface area contributed by atoms with E-state index >= 15 is 0 Å². The summed E-state index contributed by atoms with van der Waals surface area (Å²) >= 11 is 5.72. The molecule has 1 heterocycles. The fourth-order valence-electron chi connectivity index (χ4n) is 1.13. The van der Waals surface area contributed by atoms with Crippen LogP contribution >= 0.6 is 11.6 Å². The number of aryl methyl sites for hydroxylation is 1. The smallest absolute Gasteiger partial charge is 0.0785 e. The minimum absolute atomic E-state index is 0.710. The lowest BCUT2D eigenvalue weighted by molar-refractivity contribution is 0.542. The van der Waals surface area contributed by atoms with Gasteiger partial charge in [0.15, 0.2) is 0 Å². The van der Waals surface area contributed by atoms with Crippen molar-refractivity contribution in [2.24, 2.45) is 0 Å². The quantitative estimate of drug-likeness (QED) is 0.713. The summed E-state index contributed by atoms with van der Waals surface area (Å²) in [6.07, 6.45) is 5.80. The van der Waals surface area contributed by atoms with E-state index in [2.05, 4.69) is 17.3 Å². The van der Waals surface area contributed by atoms with Gasteiger partial charge >= 0.3 is 0 Å². The fraction of sp³-hybridized carbons (Fsp3) is 0.667. The summed E-state index contributed by atoms with van der Waals surface area (Å²) in [4.78, 5) is 0. The molecular formula is C9H16ClN3. The zero-order chi connectivity index (χ0) is 9.52. The molecule has 1 aromatic rings. The molecule has 0 bridgehead atoms. The Bertz CT molecular complexity index is 235. The molecule has 13 heavy (non-hydrogen) atoms. The van der Waals surface area contributed by atoms with Crippen LogP contribution in [0, 0.1) is 0 Å². The van der Waals surface area contributed by atoms with Crippen LogP contribution in [0.3, 0.4) is 0 Å². The molecule has 0 amide bonds. The molecule has 0 spiro atoms. The number of nitrogens with one attached hydrogen (secondary N) is 1. The van der Waals surface area contributed by atoms with Crippen molar-refractivity contribution < 1.29 is 0 Å². The molecule has 74 valence electrons. The van der Waals surface area contributed by atoms with Crippen LogP contribution in [0.1, 0.15) is 19.8 Å². The van der Waals surface area contributed by atoms with Crippen LogP contribution in [0.2, 0.25) is 5.02 Å². The average Bonchev–Trinajstić information content (AvgIpc) is 2.51. The van der Waals surface area contributed by atoms with Gasteiger partial charge in [0, 0.05) is 12.7 Å². The van der Waals surface area contributed by atoms with E-state index < -0.39 is 0 Å². The summed E-state index contributed by atoms with van der Waals surface area (Å²) in [5, 5.41) is 8.14. The Balaban J connectivity index is 2.06. The molecule has 1 aromatic heterocycles. The molecule has 4 heteroatoms. The van der Waals surface area contributed by atoms with Gasteiger partial charge in [-0.25, -0.2) is 0 Å². The topological polar surface area (TPSA) is 29.9 Å². The van der Waals surface area contributed by atoms with E-state index in [0.717, 1.165) is 26.1 Å². The number of aromatic nitrogens is 2. The van der Waals surface area contributed by atoms with Gasteiger partial charge < -0.3 is 5.32 Å². The first-order valence-electron chi connectivity index (χ1n) is 4.71. The van der Waals surface area contributed by atoms with Crippen molar-refractivity contribution in [2.45, 2.75) is 26.3 Å². The molecule has 0 radical (unpaired) electrons. The number of halogens is 1. The first-order valence-corrected chi connectivity index (χ1v) is 5.09. The van der Waals surface area contributed by atoms with Crippen molar-refractivity contribution >= 4 is 11.6 Å². The summed E-state index contributed by atoms with van der Waals surface area (Å²) in [5.41, 5.74) is 0. The van der Waals surface area contributed by atoms with Gasteiger partial charge in [0.1, 0.15) is 0 Å². The van der Waals surface area contributed by atoms with Gasteiger partial charge in [0.25, 0.3) is 0 Å². The standard InChI is InChI=1S/C9H16ClN3/c1-2-4-11-5-3-6-13-8-9(10)7-12-13/h7-8,11H,2-6H2,1H3. The van der Waals surface area contributed by atoms with E-state index in [9.17, 15) is 0 Å². The molecule has 1 rings (SSSR count). The highest BCUT2D eigenvalue weighted by Gasteiger charge is 1.94. The molecule has 0 aliphatic heterocycles. The van der Waals surface area contributed by atoms with E-state index in [-0.39, 0.29) is 0 Å². The molecule has 1 N–H and O–H groups in total. The maximum atomic E-state index is 5.72. The Labute approximate surface area is 84.1 Å². The van der Waals surface area contributed by atoms with Gasteiger partial charge in [-0.2, -0.15) is 5.10 Å². The zero-order valence-electron chi connectivity index (χ0n) is 7.96. The summed E-state index contributed by atoms with van der Waals surface area (Å²) in [5.74, 6) is 0. The third-order valence-corrected chi connectivity index (χ3v) is 1.96. The van der Waals surface area contributed by atoms with Gasteiger partial charge in [-0.05, 0) is 25.9 Å². The molecule has 0 atom stereocenters. The molecule has 3 nitrogen and oxygen atoms in total. The first-order chi connectivity index (χ1) is 6.33. The summed E-state index contributed by atoms with van der Waals surface area (Å²) in [6, 6.07) is 0. The summed E-state index contributed by atoms with van der Waals surface area (Å²) in [7, 11) is 0. The third kappa shape index (κ3) is 4.29. The van der Waals surface area contributed by atoms with Crippen molar-refractivity contribution in [2.75, 3.05) is 13.1 Å². The van der Waals surface area contributed by atoms with Crippen LogP contribution in [-0.4, -0.2) is 22.9 Å². The molecular weight excluding hydrogens is 186 g/mol. The molecule has 0 aliphatic carbocycles. The van der Waals surface area contributed by atoms with Crippen LogP contribution in [0.15, 0.2) is 12.4 Å². The second-order valence-corrected chi connectivity index (χ2v) is 3.46. The molecule has 0 aliphatic rings. The van der Waals surface area contributed by atoms with Crippen molar-refractivity contribution in [1.82, 2.24) is 15.1 Å². The van der Waals surface area contributed by atoms with Gasteiger partial charge in [0.05, 0.1) is 11.2 Å². The Morgan fingerprint density at radius 3 is 3.00 bits per heavy atom. The minimum Gasteiger partial charge on any atom is -0.317 e. The number of rotatable bonds is 6. The molecule has 0 aromatic carbocycles. The third-order valence-electron chi connectivity index (χ3n) is 1.77. The van der Waals surface area contributed by atoms with E-state index in [1.54, 1.807) is 6.20 Å². The highest BCUT2D eigenvalue weighted by atomic mass is 35.5. The Kier molecular flexibility index (Phi) is 4.86. The van der Waals surface area contributed by atoms with Crippen molar-refractivity contribution in [1.29, 1.82) is 0 Å². The number of hydrogen-bond acceptors (Lipinski definition) is 2. The maximum Gasteiger partial charge on any atom is 0.0785 e. The predicted molar refractivity (Wildman–Crippen MR) is 55.0 cm³/mol. The van der Waals surface area contributed by atoms with Gasteiger partial charge in [-0.3, -0.25) is 4.68 Å². The molecule has 0 unspecified atom stereocenters. The van der Waals surface area contributed by atoms with Crippen LogP contribution < -0.4 is 5.32 Å². The van der Waals surface area contributed by atoms with Gasteiger partial charge in [-0.15, -0.1) is 0 Å². The summed E-state index contributed by atoms with van der Waals surface area (Å²) < 4.78 is 1.87. The average molecular weight is 202 g/mol. The van der Waals surface area contributed by atoms with Gasteiger partial charge in [-0.1, -0.05) is 18.5 Å². The Morgan fingerprint density at radius 2 is 2.38 bits per heavy atom. The minimum atomic E-state index is 0.710.